The van der Waals surface area contributed by atoms with E-state index in [1.807, 2.05) is 13.0 Å². The Morgan fingerprint density at radius 3 is 2.57 bits per heavy atom. The molecule has 1 aromatic carbocycles. The lowest BCUT2D eigenvalue weighted by molar-refractivity contribution is 0.0941. The first-order valence-corrected chi connectivity index (χ1v) is 10.2. The molecule has 0 saturated carbocycles. The molecule has 0 bridgehead atoms. The van der Waals surface area contributed by atoms with Gasteiger partial charge in [0.15, 0.2) is 0 Å². The minimum atomic E-state index is -0.309. The number of halogens is 1. The van der Waals surface area contributed by atoms with Crippen LogP contribution < -0.4 is 10.2 Å². The maximum Gasteiger partial charge on any atom is 0.269 e. The summed E-state index contributed by atoms with van der Waals surface area (Å²) in [5.41, 5.74) is 3.46. The smallest absolute Gasteiger partial charge is 0.269 e. The van der Waals surface area contributed by atoms with E-state index in [-0.39, 0.29) is 11.7 Å². The Kier molecular flexibility index (Phi) is 5.74. The second kappa shape index (κ2) is 8.61. The highest BCUT2D eigenvalue weighted by atomic mass is 19.1. The van der Waals surface area contributed by atoms with Crippen LogP contribution in [-0.2, 0) is 13.6 Å². The predicted molar refractivity (Wildman–Crippen MR) is 113 cm³/mol. The van der Waals surface area contributed by atoms with Gasteiger partial charge in [0, 0.05) is 31.4 Å². The number of amides is 1. The van der Waals surface area contributed by atoms with Crippen LogP contribution in [0.5, 0.6) is 0 Å². The average Bonchev–Trinajstić information content (AvgIpc) is 3.14. The molecule has 0 unspecified atom stereocenters. The fourth-order valence-corrected chi connectivity index (χ4v) is 3.65. The second-order valence-electron chi connectivity index (χ2n) is 7.58. The van der Waals surface area contributed by atoms with Crippen molar-refractivity contribution in [2.75, 3.05) is 18.0 Å². The molecule has 1 amide bonds. The zero-order valence-corrected chi connectivity index (χ0v) is 17.2. The maximum atomic E-state index is 13.1. The average molecular weight is 408 g/mol. The highest BCUT2D eigenvalue weighted by Gasteiger charge is 2.17. The summed E-state index contributed by atoms with van der Waals surface area (Å²) in [5.74, 6) is 0.184. The van der Waals surface area contributed by atoms with Gasteiger partial charge < -0.3 is 10.2 Å². The Morgan fingerprint density at radius 2 is 1.83 bits per heavy atom. The van der Waals surface area contributed by atoms with Crippen LogP contribution in [0.4, 0.5) is 10.3 Å². The van der Waals surface area contributed by atoms with Gasteiger partial charge in [-0.3, -0.25) is 9.48 Å². The summed E-state index contributed by atoms with van der Waals surface area (Å²) in [5, 5.41) is 7.30. The summed E-state index contributed by atoms with van der Waals surface area (Å²) >= 11 is 0. The summed E-state index contributed by atoms with van der Waals surface area (Å²) in [4.78, 5) is 24.1. The van der Waals surface area contributed by atoms with Crippen molar-refractivity contribution in [2.45, 2.75) is 32.7 Å². The fraction of sp³-hybridized carbons (Fsp3) is 0.364. The Bertz CT molecular complexity index is 1040. The molecular formula is C22H25FN6O. The normalized spacial score (nSPS) is 14.0. The summed E-state index contributed by atoms with van der Waals surface area (Å²) in [7, 11) is 1.71. The van der Waals surface area contributed by atoms with Crippen molar-refractivity contribution in [3.05, 3.63) is 59.3 Å². The van der Waals surface area contributed by atoms with E-state index in [1.54, 1.807) is 25.2 Å². The number of nitrogens with zero attached hydrogens (tertiary/aromatic N) is 5. The Labute approximate surface area is 175 Å². The number of anilines is 1. The van der Waals surface area contributed by atoms with Gasteiger partial charge in [-0.05, 0) is 62.6 Å². The lowest BCUT2D eigenvalue weighted by Gasteiger charge is -2.27. The molecule has 0 aliphatic carbocycles. The number of hydrogen-bond donors (Lipinski definition) is 1. The molecule has 1 aliphatic heterocycles. The molecule has 3 heterocycles. The van der Waals surface area contributed by atoms with Gasteiger partial charge in [-0.15, -0.1) is 0 Å². The van der Waals surface area contributed by atoms with Crippen LogP contribution in [0.2, 0.25) is 0 Å². The van der Waals surface area contributed by atoms with Crippen molar-refractivity contribution < 1.29 is 9.18 Å². The largest absolute Gasteiger partial charge is 0.345 e. The van der Waals surface area contributed by atoms with E-state index in [1.165, 1.54) is 23.2 Å². The summed E-state index contributed by atoms with van der Waals surface area (Å²) in [6.45, 7) is 4.18. The highest BCUT2D eigenvalue weighted by molar-refractivity contribution is 5.93. The number of aromatic nitrogens is 4. The van der Waals surface area contributed by atoms with Gasteiger partial charge >= 0.3 is 0 Å². The molecule has 4 rings (SSSR count). The zero-order chi connectivity index (χ0) is 21.1. The van der Waals surface area contributed by atoms with Crippen molar-refractivity contribution >= 4 is 11.9 Å². The Morgan fingerprint density at radius 1 is 1.10 bits per heavy atom. The first-order valence-electron chi connectivity index (χ1n) is 10.2. The van der Waals surface area contributed by atoms with Crippen LogP contribution in [0.15, 0.2) is 36.4 Å². The minimum absolute atomic E-state index is 0.242. The van der Waals surface area contributed by atoms with Crippen LogP contribution >= 0.6 is 0 Å². The lowest BCUT2D eigenvalue weighted by Crippen LogP contribution is -2.32. The van der Waals surface area contributed by atoms with Crippen molar-refractivity contribution in [3.8, 4) is 11.3 Å². The van der Waals surface area contributed by atoms with Crippen molar-refractivity contribution in [2.24, 2.45) is 7.05 Å². The SMILES string of the molecule is Cc1cc(CNC(=O)c2cc(-c3ccc(F)cc3)nn2C)nc(N2CCCCC2)n1. The number of carbonyl (C=O) groups excluding carboxylic acids is 1. The maximum absolute atomic E-state index is 13.1. The topological polar surface area (TPSA) is 75.9 Å². The van der Waals surface area contributed by atoms with E-state index >= 15 is 0 Å². The molecule has 2 aromatic heterocycles. The van der Waals surface area contributed by atoms with Crippen LogP contribution in [0.1, 0.15) is 41.1 Å². The van der Waals surface area contributed by atoms with Gasteiger partial charge in [0.25, 0.3) is 5.91 Å². The summed E-state index contributed by atoms with van der Waals surface area (Å²) < 4.78 is 14.7. The van der Waals surface area contributed by atoms with E-state index in [2.05, 4.69) is 25.3 Å². The number of hydrogen-bond acceptors (Lipinski definition) is 5. The fourth-order valence-electron chi connectivity index (χ4n) is 3.65. The zero-order valence-electron chi connectivity index (χ0n) is 17.2. The van der Waals surface area contributed by atoms with Crippen LogP contribution in [-0.4, -0.2) is 38.7 Å². The predicted octanol–water partition coefficient (Wildman–Crippen LogP) is 3.24. The third kappa shape index (κ3) is 4.48. The molecule has 1 N–H and O–H groups in total. The molecule has 0 atom stereocenters. The highest BCUT2D eigenvalue weighted by Crippen LogP contribution is 2.20. The number of piperidine rings is 1. The third-order valence-electron chi connectivity index (χ3n) is 5.22. The van der Waals surface area contributed by atoms with Gasteiger partial charge in [0.2, 0.25) is 5.95 Å². The minimum Gasteiger partial charge on any atom is -0.345 e. The van der Waals surface area contributed by atoms with E-state index in [9.17, 15) is 9.18 Å². The van der Waals surface area contributed by atoms with Crippen LogP contribution in [0.25, 0.3) is 11.3 Å². The third-order valence-corrected chi connectivity index (χ3v) is 5.22. The summed E-state index contributed by atoms with van der Waals surface area (Å²) in [6, 6.07) is 9.63. The number of nitrogens with one attached hydrogen (secondary N) is 1. The first-order chi connectivity index (χ1) is 14.5. The Balaban J connectivity index is 1.46. The van der Waals surface area contributed by atoms with Crippen LogP contribution in [0.3, 0.4) is 0 Å². The van der Waals surface area contributed by atoms with E-state index in [0.717, 1.165) is 48.8 Å². The number of aryl methyl sites for hydroxylation is 2. The van der Waals surface area contributed by atoms with E-state index < -0.39 is 0 Å². The number of rotatable bonds is 5. The molecule has 3 aromatic rings. The monoisotopic (exact) mass is 408 g/mol. The standard InChI is InChI=1S/C22H25FN6O/c1-15-12-18(26-22(25-15)29-10-4-3-5-11-29)14-24-21(30)20-13-19(27-28(20)2)16-6-8-17(23)9-7-16/h6-9,12-13H,3-5,10-11,14H2,1-2H3,(H,24,30). The number of benzene rings is 1. The first kappa shape index (κ1) is 20.0. The number of carbonyl (C=O) groups is 1. The van der Waals surface area contributed by atoms with Gasteiger partial charge in [-0.25, -0.2) is 14.4 Å². The van der Waals surface area contributed by atoms with Crippen LogP contribution in [0, 0.1) is 12.7 Å². The molecule has 30 heavy (non-hydrogen) atoms. The van der Waals surface area contributed by atoms with E-state index in [4.69, 9.17) is 0 Å². The molecule has 7 nitrogen and oxygen atoms in total. The van der Waals surface area contributed by atoms with E-state index in [0.29, 0.717) is 17.9 Å². The molecule has 0 spiro atoms. The van der Waals surface area contributed by atoms with Gasteiger partial charge in [-0.1, -0.05) is 0 Å². The summed E-state index contributed by atoms with van der Waals surface area (Å²) in [6.07, 6.45) is 3.55. The molecule has 8 heteroatoms. The lowest BCUT2D eigenvalue weighted by atomic mass is 10.1. The molecule has 156 valence electrons. The molecule has 1 aliphatic rings. The Hall–Kier alpha value is -3.29. The second-order valence-corrected chi connectivity index (χ2v) is 7.58. The van der Waals surface area contributed by atoms with Gasteiger partial charge in [0.05, 0.1) is 17.9 Å². The van der Waals surface area contributed by atoms with Crippen molar-refractivity contribution in [1.82, 2.24) is 25.1 Å². The quantitative estimate of drug-likeness (QED) is 0.701. The molecule has 0 radical (unpaired) electrons. The van der Waals surface area contributed by atoms with Gasteiger partial charge in [-0.2, -0.15) is 5.10 Å². The molecular weight excluding hydrogens is 383 g/mol. The molecule has 1 saturated heterocycles. The van der Waals surface area contributed by atoms with Gasteiger partial charge in [0.1, 0.15) is 11.5 Å². The molecule has 1 fully saturated rings. The van der Waals surface area contributed by atoms with Crippen molar-refractivity contribution in [3.63, 3.8) is 0 Å². The van der Waals surface area contributed by atoms with Crippen molar-refractivity contribution in [1.29, 1.82) is 0 Å².